The highest BCUT2D eigenvalue weighted by molar-refractivity contribution is 9.10. The first-order chi connectivity index (χ1) is 13.8. The van der Waals surface area contributed by atoms with E-state index >= 15 is 0 Å². The first-order valence-corrected chi connectivity index (χ1v) is 10.7. The van der Waals surface area contributed by atoms with Crippen molar-refractivity contribution in [3.05, 3.63) is 44.2 Å². The number of hydrogen-bond acceptors (Lipinski definition) is 7. The number of carbonyl (C=O) groups excluding carboxylic acids is 3. The number of thiophene rings is 1. The molecule has 0 spiro atoms. The van der Waals surface area contributed by atoms with Crippen molar-refractivity contribution in [2.45, 2.75) is 27.7 Å². The Kier molecular flexibility index (Phi) is 8.21. The lowest BCUT2D eigenvalue weighted by molar-refractivity contribution is 0.0527. The molecule has 9 heteroatoms. The number of rotatable bonds is 8. The number of nitrogens with one attached hydrogen (secondary N) is 1. The molecule has 1 amide bonds. The van der Waals surface area contributed by atoms with Gasteiger partial charge in [0, 0.05) is 5.56 Å². The summed E-state index contributed by atoms with van der Waals surface area (Å²) in [7, 11) is 0. The van der Waals surface area contributed by atoms with Gasteiger partial charge in [0.05, 0.1) is 29.9 Å². The predicted octanol–water partition coefficient (Wildman–Crippen LogP) is 4.82. The molecule has 1 heterocycles. The van der Waals surface area contributed by atoms with E-state index in [2.05, 4.69) is 21.2 Å². The van der Waals surface area contributed by atoms with Crippen LogP contribution in [0.15, 0.2) is 22.7 Å². The molecule has 0 radical (unpaired) electrons. The molecule has 2 aromatic rings. The predicted molar refractivity (Wildman–Crippen MR) is 114 cm³/mol. The molecule has 29 heavy (non-hydrogen) atoms. The SMILES string of the molecule is CCOC(=O)c1sc(NC(=O)c2ccc(OCC)c(Br)c2)c(C(=O)OCC)c1C. The summed E-state index contributed by atoms with van der Waals surface area (Å²) in [6.07, 6.45) is 0. The van der Waals surface area contributed by atoms with Crippen LogP contribution in [-0.4, -0.2) is 37.7 Å². The van der Waals surface area contributed by atoms with E-state index in [1.165, 1.54) is 0 Å². The lowest BCUT2D eigenvalue weighted by atomic mass is 10.1. The number of halogens is 1. The number of amides is 1. The largest absolute Gasteiger partial charge is 0.493 e. The third-order valence-corrected chi connectivity index (χ3v) is 5.62. The summed E-state index contributed by atoms with van der Waals surface area (Å²) < 4.78 is 16.2. The third-order valence-electron chi connectivity index (χ3n) is 3.81. The molecule has 1 aromatic heterocycles. The molecule has 0 unspecified atom stereocenters. The Bertz CT molecular complexity index is 924. The monoisotopic (exact) mass is 483 g/mol. The molecule has 1 aromatic carbocycles. The molecule has 1 N–H and O–H groups in total. The Morgan fingerprint density at radius 1 is 1.03 bits per heavy atom. The highest BCUT2D eigenvalue weighted by Gasteiger charge is 2.27. The smallest absolute Gasteiger partial charge is 0.348 e. The van der Waals surface area contributed by atoms with E-state index in [0.717, 1.165) is 11.3 Å². The van der Waals surface area contributed by atoms with E-state index in [1.54, 1.807) is 39.0 Å². The summed E-state index contributed by atoms with van der Waals surface area (Å²) in [5, 5.41) is 2.95. The molecule has 156 valence electrons. The summed E-state index contributed by atoms with van der Waals surface area (Å²) in [5.74, 6) is -0.978. The lowest BCUT2D eigenvalue weighted by Crippen LogP contribution is -2.15. The van der Waals surface area contributed by atoms with Gasteiger partial charge in [0.2, 0.25) is 0 Å². The number of hydrogen-bond donors (Lipinski definition) is 1. The van der Waals surface area contributed by atoms with Gasteiger partial charge in [-0.2, -0.15) is 0 Å². The standard InChI is InChI=1S/C20H22BrNO6S/c1-5-26-14-9-8-12(10-13(14)21)17(23)22-18-15(19(24)27-6-2)11(4)16(29-18)20(25)28-7-3/h8-10H,5-7H2,1-4H3,(H,22,23). The summed E-state index contributed by atoms with van der Waals surface area (Å²) in [5.41, 5.74) is 0.923. The Morgan fingerprint density at radius 2 is 1.69 bits per heavy atom. The van der Waals surface area contributed by atoms with Gasteiger partial charge in [-0.25, -0.2) is 9.59 Å². The minimum atomic E-state index is -0.611. The van der Waals surface area contributed by atoms with Gasteiger partial charge in [-0.05, 0) is 67.4 Å². The minimum Gasteiger partial charge on any atom is -0.493 e. The Morgan fingerprint density at radius 3 is 2.28 bits per heavy atom. The highest BCUT2D eigenvalue weighted by Crippen LogP contribution is 2.35. The zero-order valence-corrected chi connectivity index (χ0v) is 19.0. The number of anilines is 1. The van der Waals surface area contributed by atoms with Gasteiger partial charge in [-0.3, -0.25) is 4.79 Å². The second-order valence-electron chi connectivity index (χ2n) is 5.73. The second-order valence-corrected chi connectivity index (χ2v) is 7.61. The molecular weight excluding hydrogens is 462 g/mol. The van der Waals surface area contributed by atoms with Crippen LogP contribution in [0.1, 0.15) is 56.7 Å². The van der Waals surface area contributed by atoms with Crippen molar-refractivity contribution in [2.24, 2.45) is 0 Å². The fourth-order valence-corrected chi connectivity index (χ4v) is 4.11. The normalized spacial score (nSPS) is 10.4. The summed E-state index contributed by atoms with van der Waals surface area (Å²) in [4.78, 5) is 37.6. The average molecular weight is 484 g/mol. The van der Waals surface area contributed by atoms with Gasteiger partial charge in [0.15, 0.2) is 0 Å². The van der Waals surface area contributed by atoms with Crippen molar-refractivity contribution in [1.29, 1.82) is 0 Å². The zero-order valence-electron chi connectivity index (χ0n) is 16.6. The highest BCUT2D eigenvalue weighted by atomic mass is 79.9. The molecule has 0 saturated heterocycles. The Labute approximate surface area is 181 Å². The molecule has 0 saturated carbocycles. The number of carbonyl (C=O) groups is 3. The first-order valence-electron chi connectivity index (χ1n) is 9.05. The molecule has 0 bridgehead atoms. The summed E-state index contributed by atoms with van der Waals surface area (Å²) in [6, 6.07) is 4.91. The van der Waals surface area contributed by atoms with Crippen molar-refractivity contribution in [2.75, 3.05) is 25.1 Å². The van der Waals surface area contributed by atoms with E-state index in [1.807, 2.05) is 6.92 Å². The van der Waals surface area contributed by atoms with Gasteiger partial charge >= 0.3 is 11.9 Å². The first kappa shape index (κ1) is 22.9. The molecule has 0 aliphatic carbocycles. The van der Waals surface area contributed by atoms with Gasteiger partial charge in [0.1, 0.15) is 15.6 Å². The van der Waals surface area contributed by atoms with Gasteiger partial charge < -0.3 is 19.5 Å². The van der Waals surface area contributed by atoms with Crippen LogP contribution in [0.2, 0.25) is 0 Å². The fraction of sp³-hybridized carbons (Fsp3) is 0.350. The van der Waals surface area contributed by atoms with E-state index in [9.17, 15) is 14.4 Å². The Hall–Kier alpha value is -2.39. The molecule has 0 atom stereocenters. The molecule has 2 rings (SSSR count). The van der Waals surface area contributed by atoms with Crippen molar-refractivity contribution in [3.63, 3.8) is 0 Å². The molecule has 0 fully saturated rings. The number of esters is 2. The van der Waals surface area contributed by atoms with Crippen molar-refractivity contribution >= 4 is 50.1 Å². The van der Waals surface area contributed by atoms with Gasteiger partial charge in [-0.1, -0.05) is 0 Å². The maximum atomic E-state index is 12.7. The molecule has 7 nitrogen and oxygen atoms in total. The van der Waals surface area contributed by atoms with E-state index in [0.29, 0.717) is 28.0 Å². The van der Waals surface area contributed by atoms with Crippen LogP contribution in [0.25, 0.3) is 0 Å². The molecule has 0 aliphatic heterocycles. The Balaban J connectivity index is 2.38. The topological polar surface area (TPSA) is 90.9 Å². The van der Waals surface area contributed by atoms with Crippen LogP contribution in [0.5, 0.6) is 5.75 Å². The third kappa shape index (κ3) is 5.36. The second kappa shape index (κ2) is 10.4. The van der Waals surface area contributed by atoms with Crippen molar-refractivity contribution in [1.82, 2.24) is 0 Å². The fourth-order valence-electron chi connectivity index (χ4n) is 2.53. The van der Waals surface area contributed by atoms with Crippen LogP contribution in [-0.2, 0) is 9.47 Å². The number of ether oxygens (including phenoxy) is 3. The molecule has 0 aliphatic rings. The van der Waals surface area contributed by atoms with Crippen molar-refractivity contribution < 1.29 is 28.6 Å². The summed E-state index contributed by atoms with van der Waals surface area (Å²) in [6.45, 7) is 7.73. The van der Waals surface area contributed by atoms with Gasteiger partial charge in [-0.15, -0.1) is 11.3 Å². The quantitative estimate of drug-likeness (QED) is 0.541. The van der Waals surface area contributed by atoms with Crippen LogP contribution in [0.3, 0.4) is 0 Å². The average Bonchev–Trinajstić information content (AvgIpc) is 3.00. The van der Waals surface area contributed by atoms with Crippen LogP contribution < -0.4 is 10.1 Å². The van der Waals surface area contributed by atoms with Crippen LogP contribution >= 0.6 is 27.3 Å². The van der Waals surface area contributed by atoms with E-state index in [4.69, 9.17) is 14.2 Å². The molecular formula is C20H22BrNO6S. The summed E-state index contributed by atoms with van der Waals surface area (Å²) >= 11 is 4.36. The number of benzene rings is 1. The minimum absolute atomic E-state index is 0.151. The van der Waals surface area contributed by atoms with Gasteiger partial charge in [0.25, 0.3) is 5.91 Å². The van der Waals surface area contributed by atoms with Crippen LogP contribution in [0, 0.1) is 6.92 Å². The van der Waals surface area contributed by atoms with E-state index < -0.39 is 17.8 Å². The zero-order chi connectivity index (χ0) is 21.6. The van der Waals surface area contributed by atoms with Crippen molar-refractivity contribution in [3.8, 4) is 5.75 Å². The van der Waals surface area contributed by atoms with Crippen LogP contribution in [0.4, 0.5) is 5.00 Å². The maximum Gasteiger partial charge on any atom is 0.348 e. The maximum absolute atomic E-state index is 12.7. The lowest BCUT2D eigenvalue weighted by Gasteiger charge is -2.09. The van der Waals surface area contributed by atoms with E-state index in [-0.39, 0.29) is 28.7 Å².